The Labute approximate surface area is 186 Å². The van der Waals surface area contributed by atoms with Crippen molar-refractivity contribution < 1.29 is 9.53 Å². The number of aliphatic imine (C=N–C) groups is 1. The van der Waals surface area contributed by atoms with Crippen LogP contribution in [0.5, 0.6) is 0 Å². The third kappa shape index (κ3) is 4.09. The van der Waals surface area contributed by atoms with E-state index in [1.165, 1.54) is 0 Å². The number of rotatable bonds is 6. The van der Waals surface area contributed by atoms with Crippen LogP contribution >= 0.6 is 0 Å². The van der Waals surface area contributed by atoms with Crippen LogP contribution in [0.4, 0.5) is 5.69 Å². The van der Waals surface area contributed by atoms with Gasteiger partial charge in [-0.25, -0.2) is 0 Å². The first-order valence-electron chi connectivity index (χ1n) is 10.6. The predicted octanol–water partition coefficient (Wildman–Crippen LogP) is 4.15. The Balaban J connectivity index is 1.35. The van der Waals surface area contributed by atoms with E-state index in [0.717, 1.165) is 35.4 Å². The number of pyridine rings is 1. The summed E-state index contributed by atoms with van der Waals surface area (Å²) in [5.74, 6) is 0.539. The van der Waals surface area contributed by atoms with Crippen LogP contribution < -0.4 is 5.32 Å². The van der Waals surface area contributed by atoms with Crippen LogP contribution in [0, 0.1) is 0 Å². The summed E-state index contributed by atoms with van der Waals surface area (Å²) >= 11 is 0. The fourth-order valence-electron chi connectivity index (χ4n) is 3.81. The van der Waals surface area contributed by atoms with Crippen LogP contribution in [0.15, 0.2) is 60.1 Å². The van der Waals surface area contributed by atoms with Gasteiger partial charge in [0.2, 0.25) is 0 Å². The van der Waals surface area contributed by atoms with Crippen LogP contribution in [-0.2, 0) is 4.74 Å². The van der Waals surface area contributed by atoms with Gasteiger partial charge in [0.1, 0.15) is 17.6 Å². The van der Waals surface area contributed by atoms with Crippen LogP contribution in [0.1, 0.15) is 48.3 Å². The Kier molecular flexibility index (Phi) is 5.14. The Bertz CT molecular complexity index is 1230. The molecule has 2 aliphatic rings. The van der Waals surface area contributed by atoms with Crippen molar-refractivity contribution in [2.75, 3.05) is 12.4 Å². The van der Waals surface area contributed by atoms with Crippen LogP contribution in [0.2, 0.25) is 0 Å². The van der Waals surface area contributed by atoms with Crippen molar-refractivity contribution in [1.82, 2.24) is 19.7 Å². The average Bonchev–Trinajstić information content (AvgIpc) is 3.55. The fourth-order valence-corrected chi connectivity index (χ4v) is 3.81. The first-order valence-corrected chi connectivity index (χ1v) is 10.6. The summed E-state index contributed by atoms with van der Waals surface area (Å²) in [6.07, 6.45) is 9.97. The maximum atomic E-state index is 12.9. The SMILES string of the molecule is COC1(C)C=NC=C(c2ccnc(C(=O)Nc3cccc(-c4nncn4C4CC4)c3)c2)C1. The van der Waals surface area contributed by atoms with Gasteiger partial charge >= 0.3 is 0 Å². The Morgan fingerprint density at radius 1 is 1.22 bits per heavy atom. The molecule has 1 amide bonds. The minimum absolute atomic E-state index is 0.276. The Morgan fingerprint density at radius 3 is 2.91 bits per heavy atom. The number of carbonyl (C=O) groups is 1. The van der Waals surface area contributed by atoms with Crippen molar-refractivity contribution >= 4 is 23.4 Å². The van der Waals surface area contributed by atoms with E-state index in [1.54, 1.807) is 38.1 Å². The van der Waals surface area contributed by atoms with Crippen LogP contribution in [0.3, 0.4) is 0 Å². The topological polar surface area (TPSA) is 94.3 Å². The summed E-state index contributed by atoms with van der Waals surface area (Å²) in [6.45, 7) is 1.98. The minimum atomic E-state index is -0.461. The van der Waals surface area contributed by atoms with E-state index < -0.39 is 5.60 Å². The van der Waals surface area contributed by atoms with Gasteiger partial charge in [-0.15, -0.1) is 10.2 Å². The third-order valence-corrected chi connectivity index (χ3v) is 5.84. The molecule has 1 fully saturated rings. The Hall–Kier alpha value is -3.65. The molecule has 5 rings (SSSR count). The molecular formula is C24H24N6O2. The largest absolute Gasteiger partial charge is 0.373 e. The quantitative estimate of drug-likeness (QED) is 0.637. The molecule has 3 aromatic rings. The number of nitrogens with one attached hydrogen (secondary N) is 1. The van der Waals surface area contributed by atoms with Crippen molar-refractivity contribution in [3.8, 4) is 11.4 Å². The molecule has 1 unspecified atom stereocenters. The molecule has 0 bridgehead atoms. The molecule has 1 aliphatic heterocycles. The summed E-state index contributed by atoms with van der Waals surface area (Å²) in [7, 11) is 1.67. The zero-order valence-corrected chi connectivity index (χ0v) is 18.0. The molecule has 2 aromatic heterocycles. The molecule has 0 spiro atoms. The molecular weight excluding hydrogens is 404 g/mol. The van der Waals surface area contributed by atoms with E-state index in [4.69, 9.17) is 4.74 Å². The highest BCUT2D eigenvalue weighted by Gasteiger charge is 2.27. The summed E-state index contributed by atoms with van der Waals surface area (Å²) in [5, 5.41) is 11.3. The zero-order valence-electron chi connectivity index (χ0n) is 18.0. The molecule has 1 aromatic carbocycles. The van der Waals surface area contributed by atoms with Crippen LogP contribution in [-0.4, -0.2) is 44.6 Å². The van der Waals surface area contributed by atoms with Crippen molar-refractivity contribution in [3.05, 3.63) is 66.4 Å². The molecule has 1 saturated carbocycles. The lowest BCUT2D eigenvalue weighted by molar-refractivity contribution is 0.0743. The van der Waals surface area contributed by atoms with Gasteiger partial charge in [-0.05, 0) is 55.2 Å². The lowest BCUT2D eigenvalue weighted by Crippen LogP contribution is -2.31. The molecule has 1 aliphatic carbocycles. The van der Waals surface area contributed by atoms with Gasteiger partial charge in [0.05, 0.1) is 0 Å². The van der Waals surface area contributed by atoms with Gasteiger partial charge < -0.3 is 14.6 Å². The zero-order chi connectivity index (χ0) is 22.1. The highest BCUT2D eigenvalue weighted by atomic mass is 16.5. The smallest absolute Gasteiger partial charge is 0.274 e. The van der Waals surface area contributed by atoms with Crippen molar-refractivity contribution in [2.45, 2.75) is 37.8 Å². The van der Waals surface area contributed by atoms with E-state index >= 15 is 0 Å². The monoisotopic (exact) mass is 428 g/mol. The Morgan fingerprint density at radius 2 is 2.09 bits per heavy atom. The first kappa shape index (κ1) is 20.3. The highest BCUT2D eigenvalue weighted by Crippen LogP contribution is 2.37. The third-order valence-electron chi connectivity index (χ3n) is 5.84. The maximum absolute atomic E-state index is 12.9. The molecule has 3 heterocycles. The van der Waals surface area contributed by atoms with E-state index in [9.17, 15) is 4.79 Å². The maximum Gasteiger partial charge on any atom is 0.274 e. The second kappa shape index (κ2) is 8.12. The molecule has 0 saturated heterocycles. The van der Waals surface area contributed by atoms with E-state index in [0.29, 0.717) is 23.8 Å². The van der Waals surface area contributed by atoms with Gasteiger partial charge in [-0.1, -0.05) is 12.1 Å². The molecule has 162 valence electrons. The molecule has 8 nitrogen and oxygen atoms in total. The standard InChI is InChI=1S/C24H24N6O2/c1-24(32-2)12-18(13-25-14-24)16-8-9-26-21(11-16)23(31)28-19-5-3-4-17(10-19)22-29-27-15-30(22)20-6-7-20/h3-5,8-11,13-15,20H,6-7,12H2,1-2H3,(H,28,31). The summed E-state index contributed by atoms with van der Waals surface area (Å²) < 4.78 is 7.66. The number of methoxy groups -OCH3 is 1. The molecule has 0 radical (unpaired) electrons. The van der Waals surface area contributed by atoms with Gasteiger partial charge in [-0.3, -0.25) is 14.8 Å². The van der Waals surface area contributed by atoms with E-state index in [2.05, 4.69) is 30.1 Å². The van der Waals surface area contributed by atoms with Gasteiger partial charge in [0, 0.05) is 49.4 Å². The number of anilines is 1. The molecule has 1 atom stereocenters. The average molecular weight is 428 g/mol. The second-order valence-corrected chi connectivity index (χ2v) is 8.38. The number of hydrogen-bond acceptors (Lipinski definition) is 6. The summed E-state index contributed by atoms with van der Waals surface area (Å²) in [4.78, 5) is 21.5. The fraction of sp³-hybridized carbons (Fsp3) is 0.292. The lowest BCUT2D eigenvalue weighted by atomic mass is 9.91. The van der Waals surface area contributed by atoms with E-state index in [-0.39, 0.29) is 5.91 Å². The molecule has 1 N–H and O–H groups in total. The summed E-state index contributed by atoms with van der Waals surface area (Å²) in [5.41, 5.74) is 3.36. The van der Waals surface area contributed by atoms with Gasteiger partial charge in [0.15, 0.2) is 5.82 Å². The van der Waals surface area contributed by atoms with Crippen molar-refractivity contribution in [1.29, 1.82) is 0 Å². The minimum Gasteiger partial charge on any atom is -0.373 e. The van der Waals surface area contributed by atoms with Gasteiger partial charge in [-0.2, -0.15) is 0 Å². The van der Waals surface area contributed by atoms with Gasteiger partial charge in [0.25, 0.3) is 5.91 Å². The number of carbonyl (C=O) groups excluding carboxylic acids is 1. The summed E-state index contributed by atoms with van der Waals surface area (Å²) in [6, 6.07) is 11.8. The molecule has 32 heavy (non-hydrogen) atoms. The number of ether oxygens (including phenoxy) is 1. The normalized spacial score (nSPS) is 20.1. The highest BCUT2D eigenvalue weighted by molar-refractivity contribution is 6.03. The van der Waals surface area contributed by atoms with E-state index in [1.807, 2.05) is 37.3 Å². The predicted molar refractivity (Wildman–Crippen MR) is 122 cm³/mol. The van der Waals surface area contributed by atoms with Crippen molar-refractivity contribution in [2.24, 2.45) is 4.99 Å². The second-order valence-electron chi connectivity index (χ2n) is 8.38. The number of hydrogen-bond donors (Lipinski definition) is 1. The number of amides is 1. The lowest BCUT2D eigenvalue weighted by Gasteiger charge is -2.27. The number of aromatic nitrogens is 4. The number of benzene rings is 1. The molecule has 8 heteroatoms. The van der Waals surface area contributed by atoms with Crippen molar-refractivity contribution in [3.63, 3.8) is 0 Å². The first-order chi connectivity index (χ1) is 15.5. The number of nitrogens with zero attached hydrogens (tertiary/aromatic N) is 5. The van der Waals surface area contributed by atoms with Crippen LogP contribution in [0.25, 0.3) is 17.0 Å².